The lowest BCUT2D eigenvalue weighted by molar-refractivity contribution is 0.781. The molecule has 1 aliphatic heterocycles. The van der Waals surface area contributed by atoms with Crippen molar-refractivity contribution in [2.24, 2.45) is 5.92 Å². The zero-order chi connectivity index (χ0) is 5.98. The van der Waals surface area contributed by atoms with Crippen LogP contribution in [0, 0.1) is 5.92 Å². The van der Waals surface area contributed by atoms with Gasteiger partial charge in [0.15, 0.2) is 0 Å². The SMILES string of the molecule is CC[PH]1=CC(C)CC1.Cl.Cl. The molecule has 3 heteroatoms. The Morgan fingerprint density at radius 3 is 2.30 bits per heavy atom. The molecule has 0 saturated heterocycles. The van der Waals surface area contributed by atoms with E-state index in [0.29, 0.717) is 0 Å². The lowest BCUT2D eigenvalue weighted by Gasteiger charge is -1.91. The van der Waals surface area contributed by atoms with Gasteiger partial charge in [-0.05, 0) is 24.7 Å². The summed E-state index contributed by atoms with van der Waals surface area (Å²) in [5.74, 6) is 3.55. The van der Waals surface area contributed by atoms with Gasteiger partial charge >= 0.3 is 0 Å². The van der Waals surface area contributed by atoms with Crippen molar-refractivity contribution < 1.29 is 0 Å². The first-order chi connectivity index (χ1) is 3.83. The van der Waals surface area contributed by atoms with Crippen LogP contribution < -0.4 is 0 Å². The highest BCUT2D eigenvalue weighted by atomic mass is 35.5. The van der Waals surface area contributed by atoms with Crippen LogP contribution in [0.25, 0.3) is 0 Å². The summed E-state index contributed by atoms with van der Waals surface area (Å²) >= 11 is 0. The fraction of sp³-hybridized carbons (Fsp3) is 0.857. The molecule has 0 spiro atoms. The Morgan fingerprint density at radius 1 is 1.50 bits per heavy atom. The molecule has 0 bridgehead atoms. The minimum Gasteiger partial charge on any atom is -0.147 e. The van der Waals surface area contributed by atoms with Gasteiger partial charge in [-0.2, -0.15) is 0 Å². The summed E-state index contributed by atoms with van der Waals surface area (Å²) in [6.45, 7) is 4.66. The van der Waals surface area contributed by atoms with Crippen LogP contribution in [-0.2, 0) is 0 Å². The standard InChI is InChI=1S/C7H15P.2ClH/c1-3-8-5-4-7(2)6-8;;/h6-8H,3-5H2,1-2H3;2*1H. The van der Waals surface area contributed by atoms with Gasteiger partial charge in [-0.15, -0.1) is 32.4 Å². The zero-order valence-electron chi connectivity index (χ0n) is 6.59. The van der Waals surface area contributed by atoms with E-state index in [1.54, 1.807) is 6.16 Å². The maximum atomic E-state index is 2.60. The van der Waals surface area contributed by atoms with E-state index in [2.05, 4.69) is 19.6 Å². The predicted molar refractivity (Wildman–Crippen MR) is 58.1 cm³/mol. The van der Waals surface area contributed by atoms with E-state index in [0.717, 1.165) is 5.92 Å². The molecule has 1 rings (SSSR count). The summed E-state index contributed by atoms with van der Waals surface area (Å²) in [6, 6.07) is 0. The lowest BCUT2D eigenvalue weighted by Crippen LogP contribution is -1.85. The van der Waals surface area contributed by atoms with Gasteiger partial charge in [0.2, 0.25) is 0 Å². The second kappa shape index (κ2) is 6.58. The van der Waals surface area contributed by atoms with Crippen LogP contribution in [-0.4, -0.2) is 18.1 Å². The molecule has 2 atom stereocenters. The van der Waals surface area contributed by atoms with E-state index in [1.165, 1.54) is 12.6 Å². The number of hydrogen-bond donors (Lipinski definition) is 0. The normalized spacial score (nSPS) is 29.8. The zero-order valence-corrected chi connectivity index (χ0v) is 9.23. The summed E-state index contributed by atoms with van der Waals surface area (Å²) in [5.41, 5.74) is 0. The third-order valence-electron chi connectivity index (χ3n) is 1.90. The Morgan fingerprint density at radius 2 is 2.10 bits per heavy atom. The minimum atomic E-state index is 0. The first-order valence-electron chi connectivity index (χ1n) is 3.52. The maximum absolute atomic E-state index is 2.60. The molecule has 0 aromatic rings. The van der Waals surface area contributed by atoms with Crippen LogP contribution in [0.5, 0.6) is 0 Å². The van der Waals surface area contributed by atoms with Gasteiger partial charge in [0.05, 0.1) is 0 Å². The molecule has 0 amide bonds. The molecule has 0 saturated carbocycles. The average Bonchev–Trinajstić information content (AvgIpc) is 2.14. The molecule has 0 N–H and O–H groups in total. The second-order valence-electron chi connectivity index (χ2n) is 2.69. The van der Waals surface area contributed by atoms with E-state index < -0.39 is 0 Å². The summed E-state index contributed by atoms with van der Waals surface area (Å²) in [5, 5.41) is 0. The van der Waals surface area contributed by atoms with E-state index in [1.807, 2.05) is 0 Å². The van der Waals surface area contributed by atoms with Crippen molar-refractivity contribution in [2.45, 2.75) is 20.3 Å². The highest BCUT2D eigenvalue weighted by Gasteiger charge is 2.07. The fourth-order valence-corrected chi connectivity index (χ4v) is 3.83. The van der Waals surface area contributed by atoms with Gasteiger partial charge in [0, 0.05) is 0 Å². The highest BCUT2D eigenvalue weighted by Crippen LogP contribution is 2.31. The summed E-state index contributed by atoms with van der Waals surface area (Å²) in [7, 11) is 0.0748. The third-order valence-corrected chi connectivity index (χ3v) is 4.77. The van der Waals surface area contributed by atoms with Crippen molar-refractivity contribution in [2.75, 3.05) is 12.3 Å². The van der Waals surface area contributed by atoms with Crippen molar-refractivity contribution >= 4 is 38.2 Å². The van der Waals surface area contributed by atoms with Gasteiger partial charge in [0.25, 0.3) is 0 Å². The van der Waals surface area contributed by atoms with Crippen molar-refractivity contribution in [3.05, 3.63) is 0 Å². The molecule has 64 valence electrons. The molecule has 0 fully saturated rings. The smallest absolute Gasteiger partial charge is 0.0256 e. The summed E-state index contributed by atoms with van der Waals surface area (Å²) < 4.78 is 0. The average molecular weight is 203 g/mol. The number of halogens is 2. The van der Waals surface area contributed by atoms with Crippen molar-refractivity contribution in [3.63, 3.8) is 0 Å². The van der Waals surface area contributed by atoms with Gasteiger partial charge in [-0.3, -0.25) is 0 Å². The first kappa shape index (κ1) is 13.5. The van der Waals surface area contributed by atoms with Gasteiger partial charge in [-0.1, -0.05) is 19.6 Å². The number of hydrogen-bond acceptors (Lipinski definition) is 0. The number of rotatable bonds is 1. The van der Waals surface area contributed by atoms with E-state index in [9.17, 15) is 0 Å². The molecule has 2 unspecified atom stereocenters. The topological polar surface area (TPSA) is 0 Å². The van der Waals surface area contributed by atoms with Crippen molar-refractivity contribution in [1.29, 1.82) is 0 Å². The highest BCUT2D eigenvalue weighted by molar-refractivity contribution is 7.57. The second-order valence-corrected chi connectivity index (χ2v) is 5.55. The predicted octanol–water partition coefficient (Wildman–Crippen LogP) is 2.91. The fourth-order valence-electron chi connectivity index (χ4n) is 1.28. The molecule has 10 heavy (non-hydrogen) atoms. The maximum Gasteiger partial charge on any atom is -0.0256 e. The molecule has 0 aromatic carbocycles. The van der Waals surface area contributed by atoms with Gasteiger partial charge in [0.1, 0.15) is 0 Å². The van der Waals surface area contributed by atoms with Crippen LogP contribution in [0.4, 0.5) is 0 Å². The molecular weight excluding hydrogens is 186 g/mol. The Balaban J connectivity index is 0. The summed E-state index contributed by atoms with van der Waals surface area (Å²) in [6.07, 6.45) is 4.47. The van der Waals surface area contributed by atoms with Crippen LogP contribution in [0.3, 0.4) is 0 Å². The first-order valence-corrected chi connectivity index (χ1v) is 5.51. The third kappa shape index (κ3) is 3.91. The van der Waals surface area contributed by atoms with Crippen LogP contribution >= 0.6 is 32.4 Å². The van der Waals surface area contributed by atoms with Gasteiger partial charge in [-0.25, -0.2) is 0 Å². The van der Waals surface area contributed by atoms with Crippen LogP contribution in [0.15, 0.2) is 0 Å². The Kier molecular flexibility index (Phi) is 8.86. The molecule has 0 nitrogen and oxygen atoms in total. The van der Waals surface area contributed by atoms with Crippen LogP contribution in [0.2, 0.25) is 0 Å². The van der Waals surface area contributed by atoms with E-state index in [-0.39, 0.29) is 32.4 Å². The quantitative estimate of drug-likeness (QED) is 0.575. The Hall–Kier alpha value is 0.880. The monoisotopic (exact) mass is 202 g/mol. The molecule has 1 heterocycles. The van der Waals surface area contributed by atoms with Crippen molar-refractivity contribution in [3.8, 4) is 0 Å². The molecular formula is C7H17Cl2P. The van der Waals surface area contributed by atoms with Gasteiger partial charge < -0.3 is 0 Å². The van der Waals surface area contributed by atoms with Crippen molar-refractivity contribution in [1.82, 2.24) is 0 Å². The van der Waals surface area contributed by atoms with E-state index >= 15 is 0 Å². The van der Waals surface area contributed by atoms with E-state index in [4.69, 9.17) is 0 Å². The summed E-state index contributed by atoms with van der Waals surface area (Å²) in [4.78, 5) is 0. The molecule has 0 aliphatic carbocycles. The molecule has 0 radical (unpaired) electrons. The van der Waals surface area contributed by atoms with Crippen LogP contribution in [0.1, 0.15) is 20.3 Å². The molecule has 0 aromatic heterocycles. The Bertz CT molecular complexity index is 112. The lowest BCUT2D eigenvalue weighted by atomic mass is 10.2. The Labute approximate surface area is 77.0 Å². The largest absolute Gasteiger partial charge is 0.147 e. The molecule has 1 aliphatic rings. The minimum absolute atomic E-state index is 0.